The molecular weight excluding hydrogens is 484 g/mol. The summed E-state index contributed by atoms with van der Waals surface area (Å²) in [6, 6.07) is 7.01. The highest BCUT2D eigenvalue weighted by atomic mass is 79.9. The molecular formula is C23H26BrF2N3O3. The second-order valence-electron chi connectivity index (χ2n) is 8.66. The van der Waals surface area contributed by atoms with Crippen molar-refractivity contribution in [2.24, 2.45) is 0 Å². The van der Waals surface area contributed by atoms with Gasteiger partial charge in [-0.3, -0.25) is 4.79 Å². The number of anilines is 2. The van der Waals surface area contributed by atoms with Gasteiger partial charge in [0, 0.05) is 37.4 Å². The zero-order chi connectivity index (χ0) is 23.6. The standard InChI is InChI=1S/C23H26BrF2N3O3/c1-14-11-16(24)17(25)13-19(14)27-21(30)15-5-6-20(18(26)12-15)28-7-9-29(10-8-28)22(31)32-23(2,3)4/h5-6,11-13H,7-10H2,1-4H3,(H,27,30). The minimum Gasteiger partial charge on any atom is -0.444 e. The molecule has 6 nitrogen and oxygen atoms in total. The van der Waals surface area contributed by atoms with E-state index in [1.165, 1.54) is 12.1 Å². The topological polar surface area (TPSA) is 61.9 Å². The molecule has 2 aromatic carbocycles. The molecule has 0 atom stereocenters. The lowest BCUT2D eigenvalue weighted by Crippen LogP contribution is -2.50. The lowest BCUT2D eigenvalue weighted by atomic mass is 10.1. The fourth-order valence-corrected chi connectivity index (χ4v) is 3.79. The maximum Gasteiger partial charge on any atom is 0.410 e. The molecule has 1 fully saturated rings. The van der Waals surface area contributed by atoms with Crippen molar-refractivity contribution in [3.63, 3.8) is 0 Å². The van der Waals surface area contributed by atoms with Gasteiger partial charge in [0.05, 0.1) is 10.2 Å². The number of ether oxygens (including phenoxy) is 1. The van der Waals surface area contributed by atoms with Crippen molar-refractivity contribution in [1.29, 1.82) is 0 Å². The summed E-state index contributed by atoms with van der Waals surface area (Å²) in [5.74, 6) is -1.57. The van der Waals surface area contributed by atoms with Crippen LogP contribution in [0, 0.1) is 18.6 Å². The highest BCUT2D eigenvalue weighted by molar-refractivity contribution is 9.10. The minimum absolute atomic E-state index is 0.126. The molecule has 0 aliphatic carbocycles. The fourth-order valence-electron chi connectivity index (χ4n) is 3.34. The summed E-state index contributed by atoms with van der Waals surface area (Å²) in [7, 11) is 0. The van der Waals surface area contributed by atoms with E-state index in [4.69, 9.17) is 4.74 Å². The Balaban J connectivity index is 1.65. The van der Waals surface area contributed by atoms with Crippen molar-refractivity contribution >= 4 is 39.3 Å². The van der Waals surface area contributed by atoms with Gasteiger partial charge in [0.1, 0.15) is 17.2 Å². The Morgan fingerprint density at radius 3 is 2.28 bits per heavy atom. The Bertz CT molecular complexity index is 1030. The zero-order valence-corrected chi connectivity index (χ0v) is 20.1. The van der Waals surface area contributed by atoms with E-state index >= 15 is 0 Å². The SMILES string of the molecule is Cc1cc(Br)c(F)cc1NC(=O)c1ccc(N2CCN(C(=O)OC(C)(C)C)CC2)c(F)c1. The third kappa shape index (κ3) is 5.76. The van der Waals surface area contributed by atoms with Crippen LogP contribution in [-0.2, 0) is 4.74 Å². The third-order valence-corrected chi connectivity index (χ3v) is 5.61. The number of hydrogen-bond donors (Lipinski definition) is 1. The normalized spacial score (nSPS) is 14.3. The number of nitrogens with one attached hydrogen (secondary N) is 1. The maximum atomic E-state index is 14.8. The molecule has 172 valence electrons. The lowest BCUT2D eigenvalue weighted by Gasteiger charge is -2.36. The van der Waals surface area contributed by atoms with Gasteiger partial charge < -0.3 is 19.9 Å². The predicted molar refractivity (Wildman–Crippen MR) is 123 cm³/mol. The fraction of sp³-hybridized carbons (Fsp3) is 0.391. The van der Waals surface area contributed by atoms with Crippen LogP contribution in [0.4, 0.5) is 25.0 Å². The van der Waals surface area contributed by atoms with Crippen LogP contribution in [0.2, 0.25) is 0 Å². The average molecular weight is 510 g/mol. The van der Waals surface area contributed by atoms with Gasteiger partial charge in [-0.15, -0.1) is 0 Å². The van der Waals surface area contributed by atoms with Gasteiger partial charge in [-0.2, -0.15) is 0 Å². The minimum atomic E-state index is -0.572. The van der Waals surface area contributed by atoms with Crippen molar-refractivity contribution in [1.82, 2.24) is 4.90 Å². The third-order valence-electron chi connectivity index (χ3n) is 5.00. The number of amides is 2. The van der Waals surface area contributed by atoms with Gasteiger partial charge in [-0.05, 0) is 79.5 Å². The summed E-state index contributed by atoms with van der Waals surface area (Å²) >= 11 is 3.10. The van der Waals surface area contributed by atoms with Crippen LogP contribution in [0.25, 0.3) is 0 Å². The number of halogens is 3. The Morgan fingerprint density at radius 2 is 1.69 bits per heavy atom. The highest BCUT2D eigenvalue weighted by Gasteiger charge is 2.27. The first-order valence-corrected chi connectivity index (χ1v) is 11.0. The summed E-state index contributed by atoms with van der Waals surface area (Å²) in [6.45, 7) is 8.86. The molecule has 0 bridgehead atoms. The van der Waals surface area contributed by atoms with E-state index in [1.807, 2.05) is 25.7 Å². The zero-order valence-electron chi connectivity index (χ0n) is 18.5. The summed E-state index contributed by atoms with van der Waals surface area (Å²) in [5, 5.41) is 2.62. The van der Waals surface area contributed by atoms with Crippen molar-refractivity contribution < 1.29 is 23.1 Å². The molecule has 9 heteroatoms. The number of nitrogens with zero attached hydrogens (tertiary/aromatic N) is 2. The first kappa shape index (κ1) is 24.0. The smallest absolute Gasteiger partial charge is 0.410 e. The molecule has 1 aliphatic heterocycles. The molecule has 32 heavy (non-hydrogen) atoms. The molecule has 0 spiro atoms. The number of carbonyl (C=O) groups excluding carboxylic acids is 2. The van der Waals surface area contributed by atoms with Gasteiger partial charge in [-0.1, -0.05) is 0 Å². The summed E-state index contributed by atoms with van der Waals surface area (Å²) in [6.07, 6.45) is -0.385. The summed E-state index contributed by atoms with van der Waals surface area (Å²) in [4.78, 5) is 28.2. The van der Waals surface area contributed by atoms with Gasteiger partial charge in [0.2, 0.25) is 0 Å². The number of aryl methyl sites for hydroxylation is 1. The van der Waals surface area contributed by atoms with Crippen molar-refractivity contribution in [2.45, 2.75) is 33.3 Å². The van der Waals surface area contributed by atoms with Crippen LogP contribution >= 0.6 is 15.9 Å². The van der Waals surface area contributed by atoms with E-state index < -0.39 is 23.1 Å². The molecule has 2 aromatic rings. The van der Waals surface area contributed by atoms with E-state index in [9.17, 15) is 18.4 Å². The second kappa shape index (κ2) is 9.44. The summed E-state index contributed by atoms with van der Waals surface area (Å²) < 4.78 is 34.3. The monoisotopic (exact) mass is 509 g/mol. The Labute approximate surface area is 194 Å². The van der Waals surface area contributed by atoms with Crippen LogP contribution in [0.3, 0.4) is 0 Å². The van der Waals surface area contributed by atoms with E-state index in [-0.39, 0.29) is 11.7 Å². The maximum absolute atomic E-state index is 14.8. The van der Waals surface area contributed by atoms with Crippen molar-refractivity contribution in [3.8, 4) is 0 Å². The van der Waals surface area contributed by atoms with Crippen molar-refractivity contribution in [3.05, 3.63) is 57.6 Å². The molecule has 0 unspecified atom stereocenters. The van der Waals surface area contributed by atoms with Crippen molar-refractivity contribution in [2.75, 3.05) is 36.4 Å². The van der Waals surface area contributed by atoms with E-state index in [0.29, 0.717) is 47.6 Å². The summed E-state index contributed by atoms with van der Waals surface area (Å²) in [5.41, 5.74) is 0.903. The molecule has 3 rings (SSSR count). The Morgan fingerprint density at radius 1 is 1.03 bits per heavy atom. The molecule has 0 aromatic heterocycles. The first-order valence-electron chi connectivity index (χ1n) is 10.2. The molecule has 0 saturated carbocycles. The van der Waals surface area contributed by atoms with E-state index in [2.05, 4.69) is 21.2 Å². The predicted octanol–water partition coefficient (Wildman–Crippen LogP) is 5.35. The average Bonchev–Trinajstić information content (AvgIpc) is 2.70. The lowest BCUT2D eigenvalue weighted by molar-refractivity contribution is 0.0240. The van der Waals surface area contributed by atoms with Crippen LogP contribution in [0.1, 0.15) is 36.7 Å². The number of rotatable bonds is 3. The largest absolute Gasteiger partial charge is 0.444 e. The molecule has 0 radical (unpaired) electrons. The Kier molecular flexibility index (Phi) is 7.07. The quantitative estimate of drug-likeness (QED) is 0.606. The number of benzene rings is 2. The molecule has 2 amide bonds. The van der Waals surface area contributed by atoms with Crippen LogP contribution in [0.15, 0.2) is 34.8 Å². The highest BCUT2D eigenvalue weighted by Crippen LogP contribution is 2.26. The molecule has 1 saturated heterocycles. The number of carbonyl (C=O) groups is 2. The molecule has 1 heterocycles. The van der Waals surface area contributed by atoms with E-state index in [0.717, 1.165) is 6.07 Å². The van der Waals surface area contributed by atoms with Crippen LogP contribution in [0.5, 0.6) is 0 Å². The van der Waals surface area contributed by atoms with Gasteiger partial charge in [0.25, 0.3) is 5.91 Å². The van der Waals surface area contributed by atoms with E-state index in [1.54, 1.807) is 24.0 Å². The Hall–Kier alpha value is -2.68. The molecule has 1 N–H and O–H groups in total. The van der Waals surface area contributed by atoms with Crippen LogP contribution in [-0.4, -0.2) is 48.7 Å². The van der Waals surface area contributed by atoms with Gasteiger partial charge >= 0.3 is 6.09 Å². The number of hydrogen-bond acceptors (Lipinski definition) is 4. The second-order valence-corrected chi connectivity index (χ2v) is 9.51. The first-order chi connectivity index (χ1) is 14.9. The van der Waals surface area contributed by atoms with Crippen LogP contribution < -0.4 is 10.2 Å². The number of piperazine rings is 1. The van der Waals surface area contributed by atoms with Gasteiger partial charge in [-0.25, -0.2) is 13.6 Å². The molecule has 1 aliphatic rings. The van der Waals surface area contributed by atoms with Gasteiger partial charge in [0.15, 0.2) is 0 Å².